The third kappa shape index (κ3) is 6.63. The molecule has 0 aliphatic heterocycles. The van der Waals surface area contributed by atoms with Crippen molar-refractivity contribution in [2.24, 2.45) is 0 Å². The number of rotatable bonds is 12. The van der Waals surface area contributed by atoms with Crippen LogP contribution in [0.3, 0.4) is 0 Å². The van der Waals surface area contributed by atoms with Crippen molar-refractivity contribution in [3.8, 4) is 0 Å². The first-order valence-corrected chi connectivity index (χ1v) is 13.0. The minimum Gasteiger partial charge on any atom is -0.385 e. The van der Waals surface area contributed by atoms with Crippen molar-refractivity contribution in [3.05, 3.63) is 29.3 Å². The Labute approximate surface area is 188 Å². The van der Waals surface area contributed by atoms with E-state index in [1.165, 1.54) is 0 Å². The maximum atomic E-state index is 15.2. The second-order valence-corrected chi connectivity index (χ2v) is 10.7. The minimum absolute atomic E-state index is 0.334. The van der Waals surface area contributed by atoms with Crippen molar-refractivity contribution in [1.82, 2.24) is 19.5 Å². The summed E-state index contributed by atoms with van der Waals surface area (Å²) in [6, 6.07) is 0. The predicted octanol–water partition coefficient (Wildman–Crippen LogP) is -0.555. The van der Waals surface area contributed by atoms with Gasteiger partial charge in [0.2, 0.25) is 12.2 Å². The van der Waals surface area contributed by atoms with Gasteiger partial charge in [-0.25, -0.2) is 23.1 Å². The van der Waals surface area contributed by atoms with Crippen LogP contribution in [0.15, 0.2) is 23.8 Å². The average Bonchev–Trinajstić information content (AvgIpc) is 3.09. The van der Waals surface area contributed by atoms with Crippen molar-refractivity contribution >= 4 is 40.6 Å². The number of nitrogen functional groups attached to an aromatic ring is 1. The molecule has 22 heteroatoms. The zero-order valence-electron chi connectivity index (χ0n) is 16.9. The summed E-state index contributed by atoms with van der Waals surface area (Å²) in [6.07, 6.45) is -3.28. The molecule has 5 atom stereocenters. The van der Waals surface area contributed by atoms with Crippen LogP contribution in [-0.2, 0) is 31.6 Å². The molecule has 0 fully saturated rings. The van der Waals surface area contributed by atoms with Gasteiger partial charge in [-0.05, 0) is 0 Å². The molecule has 0 aliphatic carbocycles. The van der Waals surface area contributed by atoms with E-state index in [2.05, 4.69) is 34.7 Å². The maximum absolute atomic E-state index is 15.2. The van der Waals surface area contributed by atoms with Crippen LogP contribution in [0.25, 0.3) is 11.2 Å². The number of aliphatic hydroxyl groups is 1. The van der Waals surface area contributed by atoms with Crippen molar-refractivity contribution in [2.45, 2.75) is 18.0 Å². The molecule has 2 unspecified atom stereocenters. The number of methoxy groups -OCH3 is 1. The number of fused-ring (bicyclic) bond motifs is 1. The number of halogens is 1. The highest BCUT2D eigenvalue weighted by molar-refractivity contribution is 7.66. The van der Waals surface area contributed by atoms with Crippen LogP contribution in [0, 0.1) is 0 Å². The van der Waals surface area contributed by atoms with Crippen molar-refractivity contribution in [2.75, 3.05) is 19.5 Å². The molecule has 8 N–H and O–H groups in total. The Bertz CT molecular complexity index is 1260. The van der Waals surface area contributed by atoms with E-state index in [4.69, 9.17) is 20.3 Å². The van der Waals surface area contributed by atoms with Crippen molar-refractivity contribution < 1.29 is 60.6 Å². The molecule has 18 nitrogen and oxygen atoms in total. The molecule has 2 heterocycles. The van der Waals surface area contributed by atoms with Crippen LogP contribution in [0.5, 0.6) is 0 Å². The molecule has 2 aromatic rings. The highest BCUT2D eigenvalue weighted by Gasteiger charge is 2.46. The van der Waals surface area contributed by atoms with Gasteiger partial charge in [0.1, 0.15) is 11.7 Å². The molecule has 0 spiro atoms. The Balaban J connectivity index is 2.29. The molecule has 0 amide bonds. The van der Waals surface area contributed by atoms with Gasteiger partial charge in [-0.2, -0.15) is 13.6 Å². The van der Waals surface area contributed by atoms with E-state index in [0.29, 0.717) is 4.57 Å². The number of aromatic amines is 1. The Morgan fingerprint density at radius 3 is 2.44 bits per heavy atom. The van der Waals surface area contributed by atoms with Gasteiger partial charge in [0, 0.05) is 7.11 Å². The number of nitrogens with two attached hydrogens (primary N) is 1. The van der Waals surface area contributed by atoms with Crippen LogP contribution in [0.2, 0.25) is 0 Å². The van der Waals surface area contributed by atoms with Crippen molar-refractivity contribution in [3.63, 3.8) is 0 Å². The van der Waals surface area contributed by atoms with E-state index in [1.54, 1.807) is 0 Å². The van der Waals surface area contributed by atoms with E-state index in [0.717, 1.165) is 19.5 Å². The highest BCUT2D eigenvalue weighted by Crippen LogP contribution is 2.66. The monoisotopic (exact) mass is 553 g/mol. The minimum atomic E-state index is -5.82. The van der Waals surface area contributed by atoms with E-state index >= 15 is 4.39 Å². The lowest BCUT2D eigenvalue weighted by atomic mass is 9.96. The summed E-state index contributed by atoms with van der Waals surface area (Å²) in [7, 11) is -16.2. The number of ether oxygens (including phenoxy) is 1. The topological polar surface area (TPSA) is 279 Å². The number of hydrogen-bond donors (Lipinski definition) is 7. The van der Waals surface area contributed by atoms with Crippen LogP contribution < -0.4 is 11.3 Å². The Hall–Kier alpha value is -1.85. The first kappa shape index (κ1) is 28.4. The summed E-state index contributed by atoms with van der Waals surface area (Å²) < 4.78 is 66.4. The van der Waals surface area contributed by atoms with Gasteiger partial charge in [0.05, 0.1) is 12.9 Å². The standard InChI is InChI=1S/C12H19FN5O13P3/c1-3-12(28-2,4-29-33(24,25)31-34(26,27)30-32(21,22)23)7(19)8(13)18-5-15-6-9(18)16-11(14)17-10(6)20/h3,5,7-8,19H,1,4H2,2H3,(H,24,25)(H,26,27)(H2,21,22,23)(H3,14,16,17,20)/t7-,8-,12+/m0/s1. The predicted molar refractivity (Wildman–Crippen MR) is 108 cm³/mol. The van der Waals surface area contributed by atoms with E-state index in [9.17, 15) is 33.4 Å². The van der Waals surface area contributed by atoms with Crippen molar-refractivity contribution in [1.29, 1.82) is 0 Å². The summed E-state index contributed by atoms with van der Waals surface area (Å²) in [5.74, 6) is -0.393. The first-order chi connectivity index (χ1) is 15.5. The first-order valence-electron chi connectivity index (χ1n) is 8.47. The third-order valence-corrected chi connectivity index (χ3v) is 7.85. The number of nitrogens with zero attached hydrogens (tertiary/aromatic N) is 3. The molecule has 0 aromatic carbocycles. The number of aliphatic hydroxyl groups excluding tert-OH is 1. The molecule has 0 bridgehead atoms. The largest absolute Gasteiger partial charge is 0.490 e. The van der Waals surface area contributed by atoms with E-state index in [-0.39, 0.29) is 11.2 Å². The van der Waals surface area contributed by atoms with Gasteiger partial charge >= 0.3 is 23.5 Å². The SMILES string of the molecule is C=C[C@](COP(=O)(O)OP(=O)(O)OP(=O)(O)O)(OC)[C@@H](O)[C@@H](F)n1cnc2c(=O)[nH]c(N)nc21. The number of hydrogen-bond acceptors (Lipinski definition) is 12. The molecule has 2 rings (SSSR count). The van der Waals surface area contributed by atoms with Gasteiger partial charge in [-0.1, -0.05) is 6.08 Å². The van der Waals surface area contributed by atoms with E-state index < -0.39 is 59.6 Å². The fourth-order valence-electron chi connectivity index (χ4n) is 2.52. The van der Waals surface area contributed by atoms with Crippen LogP contribution in [-0.4, -0.2) is 69.6 Å². The highest BCUT2D eigenvalue weighted by atomic mass is 31.3. The lowest BCUT2D eigenvalue weighted by molar-refractivity contribution is -0.133. The van der Waals surface area contributed by atoms with Gasteiger partial charge in [-0.3, -0.25) is 18.9 Å². The summed E-state index contributed by atoms with van der Waals surface area (Å²) in [6.45, 7) is 2.05. The second-order valence-electron chi connectivity index (χ2n) is 6.32. The number of alkyl halides is 1. The Morgan fingerprint density at radius 1 is 1.29 bits per heavy atom. The van der Waals surface area contributed by atoms with Crippen LogP contribution >= 0.6 is 23.5 Å². The number of phosphoric ester groups is 1. The summed E-state index contributed by atoms with van der Waals surface area (Å²) in [5.41, 5.74) is 1.55. The number of imidazole rings is 1. The number of anilines is 1. The normalized spacial score (nSPS) is 19.6. The van der Waals surface area contributed by atoms with Gasteiger partial charge in [0.25, 0.3) is 5.56 Å². The van der Waals surface area contributed by atoms with Gasteiger partial charge < -0.3 is 35.2 Å². The molecule has 0 radical (unpaired) electrons. The molecule has 34 heavy (non-hydrogen) atoms. The van der Waals surface area contributed by atoms with E-state index in [1.807, 2.05) is 0 Å². The fourth-order valence-corrected chi connectivity index (χ4v) is 5.58. The zero-order chi connectivity index (χ0) is 26.1. The number of nitrogens with one attached hydrogen (secondary N) is 1. The summed E-state index contributed by atoms with van der Waals surface area (Å²) in [4.78, 5) is 57.2. The van der Waals surface area contributed by atoms with Crippen LogP contribution in [0.4, 0.5) is 10.3 Å². The Morgan fingerprint density at radius 2 is 1.91 bits per heavy atom. The van der Waals surface area contributed by atoms with Crippen LogP contribution in [0.1, 0.15) is 6.30 Å². The zero-order valence-corrected chi connectivity index (χ0v) is 19.5. The number of aromatic nitrogens is 4. The summed E-state index contributed by atoms with van der Waals surface area (Å²) >= 11 is 0. The molecule has 2 aromatic heterocycles. The van der Waals surface area contributed by atoms with Gasteiger partial charge in [-0.15, -0.1) is 6.58 Å². The lowest BCUT2D eigenvalue weighted by Gasteiger charge is -2.35. The second kappa shape index (κ2) is 10.0. The summed E-state index contributed by atoms with van der Waals surface area (Å²) in [5, 5.41) is 10.6. The number of H-pyrrole nitrogens is 1. The molecular weight excluding hydrogens is 534 g/mol. The fraction of sp³-hybridized carbons (Fsp3) is 0.417. The quantitative estimate of drug-likeness (QED) is 0.128. The molecule has 0 saturated heterocycles. The molecular formula is C12H19FN5O13P3. The third-order valence-electron chi connectivity index (χ3n) is 4.07. The average molecular weight is 553 g/mol. The molecule has 192 valence electrons. The molecule has 0 aliphatic rings. The lowest BCUT2D eigenvalue weighted by Crippen LogP contribution is -2.49. The molecule has 0 saturated carbocycles. The number of phosphoric acid groups is 3. The van der Waals surface area contributed by atoms with Gasteiger partial charge in [0.15, 0.2) is 11.2 Å². The smallest absolute Gasteiger partial charge is 0.385 e. The Kier molecular flexibility index (Phi) is 8.37. The maximum Gasteiger partial charge on any atom is 0.490 e.